The van der Waals surface area contributed by atoms with Crippen molar-refractivity contribution in [2.45, 2.75) is 20.3 Å². The highest BCUT2D eigenvalue weighted by molar-refractivity contribution is 5.95. The lowest BCUT2D eigenvalue weighted by atomic mass is 10.1. The van der Waals surface area contributed by atoms with Crippen LogP contribution < -0.4 is 5.32 Å². The molecule has 0 aliphatic heterocycles. The molecule has 22 heavy (non-hydrogen) atoms. The molecule has 0 atom stereocenters. The van der Waals surface area contributed by atoms with Crippen molar-refractivity contribution in [3.8, 4) is 0 Å². The standard InChI is InChI=1S/C19H18N2O/c1-13-8-9-17(11-14(13)2)21-18(22)12-16-6-3-5-15-7-4-10-20-19(15)16/h3-11H,12H2,1-2H3,(H,21,22). The Labute approximate surface area is 130 Å². The van der Waals surface area contributed by atoms with Crippen LogP contribution in [-0.4, -0.2) is 10.9 Å². The molecule has 1 N–H and O–H groups in total. The summed E-state index contributed by atoms with van der Waals surface area (Å²) in [7, 11) is 0. The first-order chi connectivity index (χ1) is 10.6. The lowest BCUT2D eigenvalue weighted by molar-refractivity contribution is -0.115. The van der Waals surface area contributed by atoms with Gasteiger partial charge in [0.05, 0.1) is 11.9 Å². The number of fused-ring (bicyclic) bond motifs is 1. The van der Waals surface area contributed by atoms with Crippen molar-refractivity contribution in [3.63, 3.8) is 0 Å². The van der Waals surface area contributed by atoms with Gasteiger partial charge < -0.3 is 5.32 Å². The summed E-state index contributed by atoms with van der Waals surface area (Å²) in [6.07, 6.45) is 2.08. The van der Waals surface area contributed by atoms with Crippen LogP contribution in [0.1, 0.15) is 16.7 Å². The highest BCUT2D eigenvalue weighted by atomic mass is 16.1. The first-order valence-corrected chi connectivity index (χ1v) is 7.33. The fraction of sp³-hybridized carbons (Fsp3) is 0.158. The van der Waals surface area contributed by atoms with Crippen LogP contribution in [0.25, 0.3) is 10.9 Å². The zero-order chi connectivity index (χ0) is 15.5. The van der Waals surface area contributed by atoms with E-state index in [1.807, 2.05) is 55.5 Å². The number of hydrogen-bond acceptors (Lipinski definition) is 2. The van der Waals surface area contributed by atoms with E-state index in [2.05, 4.69) is 17.2 Å². The highest BCUT2D eigenvalue weighted by Gasteiger charge is 2.08. The molecule has 110 valence electrons. The zero-order valence-corrected chi connectivity index (χ0v) is 12.8. The Morgan fingerprint density at radius 2 is 1.86 bits per heavy atom. The first kappa shape index (κ1) is 14.3. The second kappa shape index (κ2) is 5.98. The molecule has 0 spiro atoms. The van der Waals surface area contributed by atoms with E-state index >= 15 is 0 Å². The van der Waals surface area contributed by atoms with Gasteiger partial charge in [-0.05, 0) is 48.7 Å². The predicted molar refractivity (Wildman–Crippen MR) is 90.0 cm³/mol. The van der Waals surface area contributed by atoms with Crippen LogP contribution in [0.15, 0.2) is 54.7 Å². The average Bonchev–Trinajstić information content (AvgIpc) is 2.51. The number of para-hydroxylation sites is 1. The average molecular weight is 290 g/mol. The fourth-order valence-electron chi connectivity index (χ4n) is 2.51. The molecule has 2 aromatic carbocycles. The number of amides is 1. The van der Waals surface area contributed by atoms with Crippen LogP contribution in [0.3, 0.4) is 0 Å². The zero-order valence-electron chi connectivity index (χ0n) is 12.8. The molecular weight excluding hydrogens is 272 g/mol. The van der Waals surface area contributed by atoms with E-state index in [9.17, 15) is 4.79 Å². The number of rotatable bonds is 3. The van der Waals surface area contributed by atoms with Crippen molar-refractivity contribution in [1.82, 2.24) is 4.98 Å². The lowest BCUT2D eigenvalue weighted by Crippen LogP contribution is -2.14. The van der Waals surface area contributed by atoms with Gasteiger partial charge in [0.2, 0.25) is 5.91 Å². The molecule has 1 heterocycles. The Hall–Kier alpha value is -2.68. The second-order valence-corrected chi connectivity index (χ2v) is 5.52. The second-order valence-electron chi connectivity index (χ2n) is 5.52. The minimum Gasteiger partial charge on any atom is -0.326 e. The normalized spacial score (nSPS) is 10.6. The van der Waals surface area contributed by atoms with E-state index in [0.717, 1.165) is 22.2 Å². The summed E-state index contributed by atoms with van der Waals surface area (Å²) < 4.78 is 0. The van der Waals surface area contributed by atoms with Crippen LogP contribution in [0.4, 0.5) is 5.69 Å². The van der Waals surface area contributed by atoms with Gasteiger partial charge in [0.1, 0.15) is 0 Å². The van der Waals surface area contributed by atoms with E-state index in [1.165, 1.54) is 11.1 Å². The number of nitrogens with one attached hydrogen (secondary N) is 1. The summed E-state index contributed by atoms with van der Waals surface area (Å²) in [4.78, 5) is 16.7. The third-order valence-electron chi connectivity index (χ3n) is 3.86. The lowest BCUT2D eigenvalue weighted by Gasteiger charge is -2.09. The van der Waals surface area contributed by atoms with Crippen molar-refractivity contribution in [3.05, 3.63) is 71.4 Å². The third kappa shape index (κ3) is 2.98. The van der Waals surface area contributed by atoms with Crippen LogP contribution in [-0.2, 0) is 11.2 Å². The quantitative estimate of drug-likeness (QED) is 0.791. The van der Waals surface area contributed by atoms with Gasteiger partial charge in [0.25, 0.3) is 0 Å². The van der Waals surface area contributed by atoms with Crippen molar-refractivity contribution < 1.29 is 4.79 Å². The maximum Gasteiger partial charge on any atom is 0.228 e. The van der Waals surface area contributed by atoms with Crippen molar-refractivity contribution in [2.75, 3.05) is 5.32 Å². The number of nitrogens with zero attached hydrogens (tertiary/aromatic N) is 1. The van der Waals surface area contributed by atoms with Crippen LogP contribution in [0.2, 0.25) is 0 Å². The number of pyridine rings is 1. The Bertz CT molecular complexity index is 834. The number of aromatic nitrogens is 1. The van der Waals surface area contributed by atoms with Gasteiger partial charge >= 0.3 is 0 Å². The summed E-state index contributed by atoms with van der Waals surface area (Å²) >= 11 is 0. The fourth-order valence-corrected chi connectivity index (χ4v) is 2.51. The molecule has 3 nitrogen and oxygen atoms in total. The molecule has 0 aliphatic rings. The van der Waals surface area contributed by atoms with Crippen molar-refractivity contribution >= 4 is 22.5 Å². The van der Waals surface area contributed by atoms with Crippen LogP contribution in [0, 0.1) is 13.8 Å². The van der Waals surface area contributed by atoms with Crippen molar-refractivity contribution in [2.24, 2.45) is 0 Å². The maximum absolute atomic E-state index is 12.3. The molecule has 3 rings (SSSR count). The molecule has 0 fully saturated rings. The first-order valence-electron chi connectivity index (χ1n) is 7.33. The Morgan fingerprint density at radius 3 is 2.68 bits per heavy atom. The van der Waals surface area contributed by atoms with Gasteiger partial charge in [-0.25, -0.2) is 0 Å². The van der Waals surface area contributed by atoms with Gasteiger partial charge in [0.15, 0.2) is 0 Å². The predicted octanol–water partition coefficient (Wildman–Crippen LogP) is 4.03. The van der Waals surface area contributed by atoms with Gasteiger partial charge in [-0.1, -0.05) is 30.3 Å². The smallest absolute Gasteiger partial charge is 0.228 e. The molecule has 1 aromatic heterocycles. The molecule has 0 bridgehead atoms. The number of anilines is 1. The van der Waals surface area contributed by atoms with Gasteiger partial charge in [-0.3, -0.25) is 9.78 Å². The summed E-state index contributed by atoms with van der Waals surface area (Å²) in [5.41, 5.74) is 5.06. The molecule has 3 heteroatoms. The Morgan fingerprint density at radius 1 is 1.05 bits per heavy atom. The molecule has 3 aromatic rings. The largest absolute Gasteiger partial charge is 0.326 e. The number of hydrogen-bond donors (Lipinski definition) is 1. The molecule has 0 saturated carbocycles. The van der Waals surface area contributed by atoms with Crippen molar-refractivity contribution in [1.29, 1.82) is 0 Å². The summed E-state index contributed by atoms with van der Waals surface area (Å²) in [6, 6.07) is 15.8. The molecule has 0 saturated heterocycles. The van der Waals surface area contributed by atoms with Gasteiger partial charge in [-0.15, -0.1) is 0 Å². The van der Waals surface area contributed by atoms with Gasteiger partial charge in [0, 0.05) is 17.3 Å². The monoisotopic (exact) mass is 290 g/mol. The summed E-state index contributed by atoms with van der Waals surface area (Å²) in [6.45, 7) is 4.10. The molecule has 0 radical (unpaired) electrons. The highest BCUT2D eigenvalue weighted by Crippen LogP contribution is 2.18. The SMILES string of the molecule is Cc1ccc(NC(=O)Cc2cccc3cccnc23)cc1C. The number of carbonyl (C=O) groups excluding carboxylic acids is 1. The number of benzene rings is 2. The Balaban J connectivity index is 1.80. The Kier molecular flexibility index (Phi) is 3.88. The summed E-state index contributed by atoms with van der Waals surface area (Å²) in [5, 5.41) is 4.01. The molecule has 0 unspecified atom stereocenters. The van der Waals surface area contributed by atoms with E-state index in [0.29, 0.717) is 6.42 Å². The van der Waals surface area contributed by atoms with Crippen LogP contribution >= 0.6 is 0 Å². The summed E-state index contributed by atoms with van der Waals surface area (Å²) in [5.74, 6) is -0.0265. The molecule has 1 amide bonds. The minimum absolute atomic E-state index is 0.0265. The number of carbonyl (C=O) groups is 1. The van der Waals surface area contributed by atoms with E-state index in [-0.39, 0.29) is 5.91 Å². The third-order valence-corrected chi connectivity index (χ3v) is 3.86. The van der Waals surface area contributed by atoms with E-state index in [1.54, 1.807) is 6.20 Å². The molecule has 0 aliphatic carbocycles. The van der Waals surface area contributed by atoms with E-state index < -0.39 is 0 Å². The topological polar surface area (TPSA) is 42.0 Å². The minimum atomic E-state index is -0.0265. The number of aryl methyl sites for hydroxylation is 2. The van der Waals surface area contributed by atoms with E-state index in [4.69, 9.17) is 0 Å². The van der Waals surface area contributed by atoms with Gasteiger partial charge in [-0.2, -0.15) is 0 Å². The maximum atomic E-state index is 12.3. The van der Waals surface area contributed by atoms with Crippen LogP contribution in [0.5, 0.6) is 0 Å². The molecular formula is C19H18N2O.